The Morgan fingerprint density at radius 3 is 2.13 bits per heavy atom. The van der Waals surface area contributed by atoms with Gasteiger partial charge in [-0.25, -0.2) is 4.99 Å². The number of rotatable bonds is 6. The number of piperidine rings is 1. The van der Waals surface area contributed by atoms with Crippen LogP contribution in [-0.4, -0.2) is 81.9 Å². The minimum absolute atomic E-state index is 0.0175. The number of amidine groups is 1. The zero-order valence-electron chi connectivity index (χ0n) is 27.0. The SMILES string of the molecule is CC(C)C1=C(C(=O)N2[C@H](C)CC[C@H]2C(=O)N2CCC(N(C)C)CC2)SC2=N[C@@](C)(c3ccc(Cl)cc3)[C@@H](c3ccc(Cl)cc3)N21. The largest absolute Gasteiger partial charge is 0.341 e. The number of aliphatic imine (C=N–C) groups is 1. The van der Waals surface area contributed by atoms with Crippen LogP contribution in [0, 0.1) is 5.92 Å². The van der Waals surface area contributed by atoms with E-state index in [2.05, 4.69) is 63.7 Å². The van der Waals surface area contributed by atoms with E-state index in [0.717, 1.165) is 54.3 Å². The number of carbonyl (C=O) groups is 2. The fourth-order valence-electron chi connectivity index (χ4n) is 7.56. The molecule has 4 atom stereocenters. The lowest BCUT2D eigenvalue weighted by Crippen LogP contribution is -2.53. The molecule has 0 saturated carbocycles. The first-order valence-electron chi connectivity index (χ1n) is 16.0. The molecule has 0 spiro atoms. The molecule has 2 aromatic rings. The summed E-state index contributed by atoms with van der Waals surface area (Å²) in [6, 6.07) is 15.6. The summed E-state index contributed by atoms with van der Waals surface area (Å²) in [6.07, 6.45) is 3.43. The van der Waals surface area contributed by atoms with Gasteiger partial charge in [-0.05, 0) is 107 Å². The van der Waals surface area contributed by atoms with Crippen molar-refractivity contribution in [3.63, 3.8) is 0 Å². The van der Waals surface area contributed by atoms with E-state index in [0.29, 0.717) is 27.4 Å². The highest BCUT2D eigenvalue weighted by atomic mass is 35.5. The molecule has 0 aromatic heterocycles. The summed E-state index contributed by atoms with van der Waals surface area (Å²) >= 11 is 14.1. The van der Waals surface area contributed by atoms with E-state index in [-0.39, 0.29) is 29.8 Å². The average Bonchev–Trinajstić information content (AvgIpc) is 3.66. The van der Waals surface area contributed by atoms with Crippen molar-refractivity contribution in [3.05, 3.63) is 80.3 Å². The quantitative estimate of drug-likeness (QED) is 0.327. The molecule has 0 radical (unpaired) electrons. The third-order valence-electron chi connectivity index (χ3n) is 10.1. The van der Waals surface area contributed by atoms with E-state index in [1.807, 2.05) is 46.2 Å². The lowest BCUT2D eigenvalue weighted by Gasteiger charge is -2.38. The van der Waals surface area contributed by atoms with Crippen molar-refractivity contribution >= 4 is 51.9 Å². The van der Waals surface area contributed by atoms with E-state index in [1.165, 1.54) is 11.8 Å². The number of allylic oxidation sites excluding steroid dienone is 1. The molecule has 0 bridgehead atoms. The molecule has 0 N–H and O–H groups in total. The van der Waals surface area contributed by atoms with Gasteiger partial charge in [0.2, 0.25) is 5.91 Å². The highest BCUT2D eigenvalue weighted by molar-refractivity contribution is 8.18. The molecule has 240 valence electrons. The van der Waals surface area contributed by atoms with Gasteiger partial charge in [0.15, 0.2) is 5.17 Å². The second-order valence-corrected chi connectivity index (χ2v) is 15.4. The Labute approximate surface area is 281 Å². The van der Waals surface area contributed by atoms with Gasteiger partial charge in [0.1, 0.15) is 16.5 Å². The topological polar surface area (TPSA) is 59.5 Å². The van der Waals surface area contributed by atoms with Gasteiger partial charge in [0.25, 0.3) is 5.91 Å². The second kappa shape index (κ2) is 12.6. The molecule has 0 aliphatic carbocycles. The molecule has 10 heteroatoms. The maximum absolute atomic E-state index is 14.7. The van der Waals surface area contributed by atoms with Crippen LogP contribution in [0.2, 0.25) is 10.0 Å². The maximum Gasteiger partial charge on any atom is 0.263 e. The zero-order chi connectivity index (χ0) is 32.2. The maximum atomic E-state index is 14.7. The van der Waals surface area contributed by atoms with Crippen molar-refractivity contribution in [2.75, 3.05) is 27.2 Å². The number of carbonyl (C=O) groups excluding carboxylic acids is 2. The number of likely N-dealkylation sites (tertiary alicyclic amines) is 2. The Hall–Kier alpha value is -2.52. The Morgan fingerprint density at radius 2 is 1.56 bits per heavy atom. The van der Waals surface area contributed by atoms with Gasteiger partial charge in [-0.2, -0.15) is 0 Å². The Bertz CT molecular complexity index is 1520. The molecular formula is C35H43Cl2N5O2S. The predicted molar refractivity (Wildman–Crippen MR) is 184 cm³/mol. The lowest BCUT2D eigenvalue weighted by molar-refractivity contribution is -0.144. The summed E-state index contributed by atoms with van der Waals surface area (Å²) in [4.78, 5) is 43.0. The number of hydrogen-bond acceptors (Lipinski definition) is 6. The Balaban J connectivity index is 1.35. The Kier molecular flexibility index (Phi) is 9.07. The fraction of sp³-hybridized carbons (Fsp3) is 0.514. The highest BCUT2D eigenvalue weighted by Crippen LogP contribution is 2.56. The van der Waals surface area contributed by atoms with Gasteiger partial charge in [0, 0.05) is 40.9 Å². The summed E-state index contributed by atoms with van der Waals surface area (Å²) in [6.45, 7) is 9.96. The lowest BCUT2D eigenvalue weighted by atomic mass is 9.81. The molecule has 4 heterocycles. The molecule has 2 amide bonds. The van der Waals surface area contributed by atoms with Gasteiger partial charge in [-0.15, -0.1) is 0 Å². The molecule has 4 aliphatic heterocycles. The van der Waals surface area contributed by atoms with E-state index < -0.39 is 11.6 Å². The third kappa shape index (κ3) is 5.81. The summed E-state index contributed by atoms with van der Waals surface area (Å²) < 4.78 is 0. The van der Waals surface area contributed by atoms with E-state index in [4.69, 9.17) is 28.2 Å². The van der Waals surface area contributed by atoms with Crippen LogP contribution in [0.25, 0.3) is 0 Å². The molecule has 45 heavy (non-hydrogen) atoms. The van der Waals surface area contributed by atoms with E-state index >= 15 is 0 Å². The summed E-state index contributed by atoms with van der Waals surface area (Å²) in [5.41, 5.74) is 2.43. The third-order valence-corrected chi connectivity index (χ3v) is 11.6. The van der Waals surface area contributed by atoms with Crippen molar-refractivity contribution in [2.24, 2.45) is 10.9 Å². The van der Waals surface area contributed by atoms with Gasteiger partial charge >= 0.3 is 0 Å². The highest BCUT2D eigenvalue weighted by Gasteiger charge is 2.54. The summed E-state index contributed by atoms with van der Waals surface area (Å²) in [7, 11) is 4.21. The molecule has 2 aromatic carbocycles. The van der Waals surface area contributed by atoms with Crippen LogP contribution >= 0.6 is 35.0 Å². The van der Waals surface area contributed by atoms with Crippen molar-refractivity contribution in [1.29, 1.82) is 0 Å². The summed E-state index contributed by atoms with van der Waals surface area (Å²) in [5, 5.41) is 2.15. The van der Waals surface area contributed by atoms with Crippen LogP contribution in [0.4, 0.5) is 0 Å². The first kappa shape index (κ1) is 32.4. The smallest absolute Gasteiger partial charge is 0.263 e. The molecule has 0 unspecified atom stereocenters. The number of amides is 2. The van der Waals surface area contributed by atoms with Crippen LogP contribution in [0.3, 0.4) is 0 Å². The van der Waals surface area contributed by atoms with Crippen LogP contribution in [0.1, 0.15) is 70.5 Å². The number of benzene rings is 2. The van der Waals surface area contributed by atoms with Gasteiger partial charge in [0.05, 0.1) is 6.04 Å². The van der Waals surface area contributed by atoms with Crippen LogP contribution in [0.5, 0.6) is 0 Å². The van der Waals surface area contributed by atoms with E-state index in [9.17, 15) is 9.59 Å². The second-order valence-electron chi connectivity index (χ2n) is 13.5. The fourth-order valence-corrected chi connectivity index (χ4v) is 9.17. The van der Waals surface area contributed by atoms with Crippen molar-refractivity contribution in [3.8, 4) is 0 Å². The number of fused-ring (bicyclic) bond motifs is 1. The van der Waals surface area contributed by atoms with Crippen LogP contribution in [-0.2, 0) is 15.1 Å². The molecule has 2 saturated heterocycles. The predicted octanol–water partition coefficient (Wildman–Crippen LogP) is 7.17. The van der Waals surface area contributed by atoms with Crippen molar-refractivity contribution in [1.82, 2.24) is 19.6 Å². The Morgan fingerprint density at radius 1 is 0.956 bits per heavy atom. The molecule has 6 rings (SSSR count). The molecular weight excluding hydrogens is 625 g/mol. The van der Waals surface area contributed by atoms with Gasteiger partial charge in [-0.3, -0.25) is 9.59 Å². The monoisotopic (exact) mass is 667 g/mol. The average molecular weight is 669 g/mol. The first-order chi connectivity index (χ1) is 21.4. The first-order valence-corrected chi connectivity index (χ1v) is 17.6. The number of nitrogens with zero attached hydrogens (tertiary/aromatic N) is 5. The molecule has 2 fully saturated rings. The zero-order valence-corrected chi connectivity index (χ0v) is 29.3. The number of thioether (sulfide) groups is 1. The number of hydrogen-bond donors (Lipinski definition) is 0. The van der Waals surface area contributed by atoms with Crippen molar-refractivity contribution in [2.45, 2.75) is 83.1 Å². The van der Waals surface area contributed by atoms with Crippen molar-refractivity contribution < 1.29 is 9.59 Å². The van der Waals surface area contributed by atoms with Gasteiger partial charge in [-0.1, -0.05) is 61.3 Å². The summed E-state index contributed by atoms with van der Waals surface area (Å²) in [5.74, 6) is 0.0748. The minimum Gasteiger partial charge on any atom is -0.341 e. The molecule has 7 nitrogen and oxygen atoms in total. The van der Waals surface area contributed by atoms with Crippen LogP contribution < -0.4 is 0 Å². The van der Waals surface area contributed by atoms with Gasteiger partial charge < -0.3 is 19.6 Å². The standard InChI is InChI=1S/C35H43Cl2N5O2S/c1-21(2)29-30(33(44)41-22(3)7-16-28(41)32(43)40-19-17-27(18-20-40)39(5)6)45-34-38-35(4,24-10-14-26(37)15-11-24)31(42(29)34)23-8-12-25(36)13-9-23/h8-15,21-22,27-28,31H,7,16-20H2,1-6H3/t22-,28+,31-,35+/m1/s1. The molecule has 4 aliphatic rings. The van der Waals surface area contributed by atoms with E-state index in [1.54, 1.807) is 0 Å². The normalized spacial score (nSPS) is 27.2. The number of halogens is 2. The van der Waals surface area contributed by atoms with Crippen LogP contribution in [0.15, 0.2) is 64.1 Å². The minimum atomic E-state index is -0.631.